The molecule has 3 amide bonds. The van der Waals surface area contributed by atoms with Crippen molar-refractivity contribution in [3.63, 3.8) is 0 Å². The lowest BCUT2D eigenvalue weighted by molar-refractivity contribution is 0.0926. The van der Waals surface area contributed by atoms with Crippen molar-refractivity contribution in [3.05, 3.63) is 39.8 Å². The van der Waals surface area contributed by atoms with Crippen molar-refractivity contribution in [3.8, 4) is 0 Å². The highest BCUT2D eigenvalue weighted by Gasteiger charge is 2.20. The number of rotatable bonds is 4. The summed E-state index contributed by atoms with van der Waals surface area (Å²) in [6, 6.07) is 5.13. The molecule has 134 valence electrons. The minimum Gasteiger partial charge on any atom is -0.450 e. The van der Waals surface area contributed by atoms with E-state index in [1.807, 2.05) is 13.0 Å². The number of aromatic nitrogens is 2. The van der Waals surface area contributed by atoms with Crippen molar-refractivity contribution in [2.45, 2.75) is 13.8 Å². The van der Waals surface area contributed by atoms with E-state index in [1.54, 1.807) is 18.4 Å². The highest BCUT2D eigenvalue weighted by Crippen LogP contribution is 2.26. The van der Waals surface area contributed by atoms with E-state index in [0.717, 1.165) is 5.69 Å². The number of nitrogens with zero attached hydrogens (tertiary/aromatic N) is 2. The van der Waals surface area contributed by atoms with Crippen molar-refractivity contribution >= 4 is 55.9 Å². The van der Waals surface area contributed by atoms with Gasteiger partial charge in [0.25, 0.3) is 11.8 Å². The summed E-state index contributed by atoms with van der Waals surface area (Å²) in [7, 11) is 0. The fourth-order valence-corrected chi connectivity index (χ4v) is 3.73. The number of ether oxygens (including phenoxy) is 1. The topological polar surface area (TPSA) is 110 Å². The fourth-order valence-electron chi connectivity index (χ4n) is 2.08. The molecule has 0 radical (unpaired) electrons. The van der Waals surface area contributed by atoms with Crippen LogP contribution in [0.25, 0.3) is 10.3 Å². The molecular formula is C16H14N4O4S2. The number of fused-ring (bicyclic) bond motifs is 1. The number of alkyl carbamates (subject to hydrolysis) is 1. The second-order valence-corrected chi connectivity index (χ2v) is 6.98. The summed E-state index contributed by atoms with van der Waals surface area (Å²) in [6.45, 7) is 3.64. The Bertz CT molecular complexity index is 995. The van der Waals surface area contributed by atoms with E-state index >= 15 is 0 Å². The van der Waals surface area contributed by atoms with E-state index in [1.165, 1.54) is 28.7 Å². The molecule has 0 unspecified atom stereocenters. The molecule has 3 rings (SSSR count). The van der Waals surface area contributed by atoms with Crippen LogP contribution in [-0.4, -0.2) is 34.5 Å². The standard InChI is InChI=1S/C16H14N4O4S2/c1-3-24-16(23)20-11(21)9-6-7-25-13(9)19-12(22)15-18-10-5-4-8(2)17-14(10)26-15/h4-7H,3H2,1-2H3,(H,19,22)(H,20,21,23). The zero-order chi connectivity index (χ0) is 18.7. The third-order valence-corrected chi connectivity index (χ3v) is 5.01. The summed E-state index contributed by atoms with van der Waals surface area (Å²) in [6.07, 6.45) is -0.839. The average Bonchev–Trinajstić information content (AvgIpc) is 3.21. The maximum absolute atomic E-state index is 12.5. The second-order valence-electron chi connectivity index (χ2n) is 5.09. The van der Waals surface area contributed by atoms with Crippen LogP contribution in [-0.2, 0) is 4.74 Å². The van der Waals surface area contributed by atoms with Gasteiger partial charge in [-0.2, -0.15) is 0 Å². The van der Waals surface area contributed by atoms with E-state index in [4.69, 9.17) is 0 Å². The molecule has 10 heteroatoms. The molecule has 0 aliphatic heterocycles. The van der Waals surface area contributed by atoms with Gasteiger partial charge in [-0.05, 0) is 37.4 Å². The molecule has 0 aromatic carbocycles. The van der Waals surface area contributed by atoms with E-state index in [0.29, 0.717) is 15.3 Å². The van der Waals surface area contributed by atoms with Crippen LogP contribution >= 0.6 is 22.7 Å². The van der Waals surface area contributed by atoms with Gasteiger partial charge in [0.1, 0.15) is 15.3 Å². The number of pyridine rings is 1. The van der Waals surface area contributed by atoms with Crippen LogP contribution in [0, 0.1) is 6.92 Å². The molecular weight excluding hydrogens is 376 g/mol. The Kier molecular flexibility index (Phi) is 5.24. The molecule has 26 heavy (non-hydrogen) atoms. The average molecular weight is 390 g/mol. The summed E-state index contributed by atoms with van der Waals surface area (Å²) < 4.78 is 4.67. The normalized spacial score (nSPS) is 10.5. The number of thiazole rings is 1. The Labute approximate surface area is 156 Å². The monoisotopic (exact) mass is 390 g/mol. The van der Waals surface area contributed by atoms with Crippen LogP contribution < -0.4 is 10.6 Å². The summed E-state index contributed by atoms with van der Waals surface area (Å²) in [5.74, 6) is -1.10. The molecule has 8 nitrogen and oxygen atoms in total. The molecule has 0 spiro atoms. The van der Waals surface area contributed by atoms with Crippen LogP contribution in [0.15, 0.2) is 23.6 Å². The Morgan fingerprint density at radius 2 is 1.96 bits per heavy atom. The molecule has 0 bridgehead atoms. The predicted octanol–water partition coefficient (Wildman–Crippen LogP) is 3.20. The first-order valence-electron chi connectivity index (χ1n) is 7.59. The maximum Gasteiger partial charge on any atom is 0.414 e. The van der Waals surface area contributed by atoms with E-state index in [9.17, 15) is 14.4 Å². The lowest BCUT2D eigenvalue weighted by Crippen LogP contribution is -2.31. The fraction of sp³-hybridized carbons (Fsp3) is 0.188. The SMILES string of the molecule is CCOC(=O)NC(=O)c1ccsc1NC(=O)c1nc2ccc(C)nc2s1. The van der Waals surface area contributed by atoms with Crippen LogP contribution in [0.5, 0.6) is 0 Å². The van der Waals surface area contributed by atoms with Crippen LogP contribution in [0.4, 0.5) is 9.80 Å². The molecule has 2 N–H and O–H groups in total. The van der Waals surface area contributed by atoms with E-state index in [-0.39, 0.29) is 17.2 Å². The largest absolute Gasteiger partial charge is 0.450 e. The van der Waals surface area contributed by atoms with Crippen molar-refractivity contribution in [1.29, 1.82) is 0 Å². The Morgan fingerprint density at radius 3 is 2.73 bits per heavy atom. The Morgan fingerprint density at radius 1 is 1.15 bits per heavy atom. The van der Waals surface area contributed by atoms with Crippen molar-refractivity contribution < 1.29 is 19.1 Å². The zero-order valence-corrected chi connectivity index (χ0v) is 15.5. The maximum atomic E-state index is 12.5. The quantitative estimate of drug-likeness (QED) is 0.708. The molecule has 3 aromatic heterocycles. The van der Waals surface area contributed by atoms with Crippen molar-refractivity contribution in [1.82, 2.24) is 15.3 Å². The number of imide groups is 1. The smallest absolute Gasteiger partial charge is 0.414 e. The van der Waals surface area contributed by atoms with Gasteiger partial charge in [-0.1, -0.05) is 11.3 Å². The van der Waals surface area contributed by atoms with Crippen LogP contribution in [0.2, 0.25) is 0 Å². The van der Waals surface area contributed by atoms with Crippen molar-refractivity contribution in [2.75, 3.05) is 11.9 Å². The Balaban J connectivity index is 1.76. The first-order chi connectivity index (χ1) is 12.5. The number of hydrogen-bond donors (Lipinski definition) is 2. The van der Waals surface area contributed by atoms with Gasteiger partial charge in [0.15, 0.2) is 5.01 Å². The van der Waals surface area contributed by atoms with Gasteiger partial charge >= 0.3 is 6.09 Å². The molecule has 0 saturated heterocycles. The Hall–Kier alpha value is -2.85. The number of amides is 3. The number of hydrogen-bond acceptors (Lipinski definition) is 8. The second kappa shape index (κ2) is 7.58. The molecule has 3 aromatic rings. The van der Waals surface area contributed by atoms with E-state index in [2.05, 4.69) is 25.3 Å². The molecule has 0 aliphatic carbocycles. The van der Waals surface area contributed by atoms with Gasteiger partial charge in [-0.25, -0.2) is 14.8 Å². The van der Waals surface area contributed by atoms with E-state index < -0.39 is 17.9 Å². The van der Waals surface area contributed by atoms with Gasteiger partial charge < -0.3 is 10.1 Å². The molecule has 0 atom stereocenters. The third kappa shape index (κ3) is 3.86. The first-order valence-corrected chi connectivity index (χ1v) is 9.28. The summed E-state index contributed by atoms with van der Waals surface area (Å²) in [4.78, 5) is 45.2. The number of carbonyl (C=O) groups excluding carboxylic acids is 3. The minimum absolute atomic E-state index is 0.150. The summed E-state index contributed by atoms with van der Waals surface area (Å²) in [5.41, 5.74) is 1.65. The van der Waals surface area contributed by atoms with Gasteiger partial charge in [0.2, 0.25) is 0 Å². The number of aryl methyl sites for hydroxylation is 1. The van der Waals surface area contributed by atoms with Gasteiger partial charge in [-0.15, -0.1) is 11.3 Å². The third-order valence-electron chi connectivity index (χ3n) is 3.22. The number of thiophene rings is 1. The van der Waals surface area contributed by atoms with Crippen LogP contribution in [0.1, 0.15) is 32.8 Å². The molecule has 0 aliphatic rings. The van der Waals surface area contributed by atoms with Gasteiger partial charge in [-0.3, -0.25) is 14.9 Å². The highest BCUT2D eigenvalue weighted by atomic mass is 32.1. The first kappa shape index (κ1) is 18.0. The number of anilines is 1. The lowest BCUT2D eigenvalue weighted by Gasteiger charge is -2.05. The van der Waals surface area contributed by atoms with Crippen LogP contribution in [0.3, 0.4) is 0 Å². The minimum atomic E-state index is -0.839. The van der Waals surface area contributed by atoms with Crippen molar-refractivity contribution in [2.24, 2.45) is 0 Å². The van der Waals surface area contributed by atoms with Gasteiger partial charge in [0.05, 0.1) is 12.2 Å². The number of nitrogens with one attached hydrogen (secondary N) is 2. The molecule has 0 fully saturated rings. The van der Waals surface area contributed by atoms with Gasteiger partial charge in [0, 0.05) is 5.69 Å². The summed E-state index contributed by atoms with van der Waals surface area (Å²) >= 11 is 2.34. The molecule has 0 saturated carbocycles. The zero-order valence-electron chi connectivity index (χ0n) is 13.9. The predicted molar refractivity (Wildman–Crippen MR) is 98.9 cm³/mol. The lowest BCUT2D eigenvalue weighted by atomic mass is 10.3. The number of carbonyl (C=O) groups is 3. The molecule has 3 heterocycles. The highest BCUT2D eigenvalue weighted by molar-refractivity contribution is 7.20. The summed E-state index contributed by atoms with van der Waals surface area (Å²) in [5, 5.41) is 6.95.